The van der Waals surface area contributed by atoms with Gasteiger partial charge in [0.05, 0.1) is 5.69 Å². The molecule has 0 aliphatic carbocycles. The molecule has 0 amide bonds. The van der Waals surface area contributed by atoms with Crippen LogP contribution in [0.5, 0.6) is 0 Å². The second kappa shape index (κ2) is 9.97. The van der Waals surface area contributed by atoms with Crippen LogP contribution >= 0.6 is 0 Å². The van der Waals surface area contributed by atoms with Gasteiger partial charge >= 0.3 is 5.69 Å². The minimum absolute atomic E-state index is 0.359. The number of aromatic amines is 1. The lowest BCUT2D eigenvalue weighted by atomic mass is 9.98. The summed E-state index contributed by atoms with van der Waals surface area (Å²) < 4.78 is 4.62. The van der Waals surface area contributed by atoms with Crippen LogP contribution in [0.4, 0.5) is 0 Å². The maximum Gasteiger partial charge on any atom is 0.337 e. The van der Waals surface area contributed by atoms with Gasteiger partial charge in [0.25, 0.3) is 5.56 Å². The van der Waals surface area contributed by atoms with Gasteiger partial charge in [0, 0.05) is 25.6 Å². The van der Waals surface area contributed by atoms with Gasteiger partial charge in [-0.2, -0.15) is 5.21 Å². The smallest absolute Gasteiger partial charge is 0.318 e. The number of H-pyrrole nitrogens is 1. The van der Waals surface area contributed by atoms with Gasteiger partial charge in [0.1, 0.15) is 5.82 Å². The number of para-hydroxylation sites is 1. The molecular weight excluding hydrogens is 492 g/mol. The fourth-order valence-corrected chi connectivity index (χ4v) is 4.91. The summed E-state index contributed by atoms with van der Waals surface area (Å²) in [6.45, 7) is 2.52. The largest absolute Gasteiger partial charge is 0.337 e. The number of hydrogen-bond donors (Lipinski definition) is 1. The molecule has 0 saturated carbocycles. The van der Waals surface area contributed by atoms with Gasteiger partial charge in [-0.25, -0.2) is 14.3 Å². The molecule has 0 spiro atoms. The van der Waals surface area contributed by atoms with Crippen molar-refractivity contribution in [1.29, 1.82) is 0 Å². The summed E-state index contributed by atoms with van der Waals surface area (Å²) >= 11 is 0. The predicted molar refractivity (Wildman–Crippen MR) is 149 cm³/mol. The topological polar surface area (TPSA) is 116 Å². The lowest BCUT2D eigenvalue weighted by Gasteiger charge is -2.12. The first-order valence-electron chi connectivity index (χ1n) is 12.8. The molecule has 0 aliphatic heterocycles. The number of hydrogen-bond acceptors (Lipinski definition) is 6. The number of nitrogens with zero attached hydrogens (tertiary/aromatic N) is 7. The fraction of sp³-hybridized carbons (Fsp3) is 0.172. The third kappa shape index (κ3) is 4.25. The fourth-order valence-electron chi connectivity index (χ4n) is 4.91. The van der Waals surface area contributed by atoms with Crippen molar-refractivity contribution in [1.82, 2.24) is 39.3 Å². The van der Waals surface area contributed by atoms with Crippen LogP contribution in [0.3, 0.4) is 0 Å². The van der Waals surface area contributed by atoms with Crippen LogP contribution in [0.2, 0.25) is 0 Å². The number of tetrazole rings is 1. The third-order valence-electron chi connectivity index (χ3n) is 6.83. The molecule has 0 bridgehead atoms. The van der Waals surface area contributed by atoms with E-state index in [1.54, 1.807) is 0 Å². The molecular formula is C29H26N8O2. The van der Waals surface area contributed by atoms with Crippen molar-refractivity contribution in [3.63, 3.8) is 0 Å². The summed E-state index contributed by atoms with van der Waals surface area (Å²) in [6, 6.07) is 25.4. The number of nitrogens with one attached hydrogen (secondary N) is 1. The maximum absolute atomic E-state index is 13.4. The first-order chi connectivity index (χ1) is 19.1. The van der Waals surface area contributed by atoms with Crippen molar-refractivity contribution < 1.29 is 0 Å². The molecule has 0 radical (unpaired) electrons. The maximum atomic E-state index is 13.4. The Morgan fingerprint density at radius 1 is 0.872 bits per heavy atom. The average Bonchev–Trinajstić information content (AvgIpc) is 3.62. The number of imidazole rings is 1. The Morgan fingerprint density at radius 3 is 2.28 bits per heavy atom. The van der Waals surface area contributed by atoms with Crippen LogP contribution in [0, 0.1) is 0 Å². The zero-order valence-corrected chi connectivity index (χ0v) is 21.6. The zero-order valence-electron chi connectivity index (χ0n) is 21.6. The molecule has 0 fully saturated rings. The van der Waals surface area contributed by atoms with Crippen molar-refractivity contribution in [2.75, 3.05) is 0 Å². The van der Waals surface area contributed by atoms with Crippen LogP contribution in [-0.4, -0.2) is 39.3 Å². The number of rotatable bonds is 7. The van der Waals surface area contributed by atoms with Crippen LogP contribution < -0.4 is 11.2 Å². The zero-order chi connectivity index (χ0) is 26.9. The molecule has 0 unspecified atom stereocenters. The number of benzene rings is 3. The van der Waals surface area contributed by atoms with E-state index in [2.05, 4.69) is 27.5 Å². The first-order valence-corrected chi connectivity index (χ1v) is 12.8. The van der Waals surface area contributed by atoms with E-state index in [1.165, 1.54) is 11.6 Å². The van der Waals surface area contributed by atoms with Gasteiger partial charge in [-0.05, 0) is 40.5 Å². The second-order valence-electron chi connectivity index (χ2n) is 9.33. The first kappa shape index (κ1) is 24.2. The average molecular weight is 519 g/mol. The minimum atomic E-state index is -0.420. The van der Waals surface area contributed by atoms with Crippen molar-refractivity contribution in [2.45, 2.75) is 26.3 Å². The van der Waals surface area contributed by atoms with Crippen molar-refractivity contribution in [3.05, 3.63) is 111 Å². The molecule has 194 valence electrons. The van der Waals surface area contributed by atoms with Crippen LogP contribution in [0.25, 0.3) is 39.4 Å². The summed E-state index contributed by atoms with van der Waals surface area (Å²) in [5.74, 6) is 1.30. The van der Waals surface area contributed by atoms with E-state index in [1.807, 2.05) is 83.4 Å². The highest BCUT2D eigenvalue weighted by Crippen LogP contribution is 2.30. The normalized spacial score (nSPS) is 11.3. The Kier molecular flexibility index (Phi) is 6.20. The molecule has 3 aromatic heterocycles. The van der Waals surface area contributed by atoms with Crippen LogP contribution in [0.1, 0.15) is 24.7 Å². The lowest BCUT2D eigenvalue weighted by molar-refractivity contribution is 0.710. The number of aryl methyl sites for hydroxylation is 1. The SMILES string of the molecule is CCCc1nc2c(c(=O)n(C)c(=O)n2-c2ccccc2)n1Cc1ccc(-c2ccccc2-c2nn[nH]n2)cc1. The lowest BCUT2D eigenvalue weighted by Crippen LogP contribution is -2.38. The van der Waals surface area contributed by atoms with Gasteiger partial charge in [-0.15, -0.1) is 10.2 Å². The monoisotopic (exact) mass is 518 g/mol. The summed E-state index contributed by atoms with van der Waals surface area (Å²) in [5.41, 5.74) is 4.57. The van der Waals surface area contributed by atoms with Gasteiger partial charge in [0.15, 0.2) is 11.2 Å². The predicted octanol–water partition coefficient (Wildman–Crippen LogP) is 3.73. The van der Waals surface area contributed by atoms with E-state index in [4.69, 9.17) is 4.98 Å². The van der Waals surface area contributed by atoms with Gasteiger partial charge in [0.2, 0.25) is 5.82 Å². The van der Waals surface area contributed by atoms with Crippen LogP contribution in [-0.2, 0) is 20.0 Å². The number of fused-ring (bicyclic) bond motifs is 1. The molecule has 3 heterocycles. The highest BCUT2D eigenvalue weighted by atomic mass is 16.2. The molecule has 39 heavy (non-hydrogen) atoms. The van der Waals surface area contributed by atoms with E-state index in [0.717, 1.165) is 39.1 Å². The summed E-state index contributed by atoms with van der Waals surface area (Å²) in [4.78, 5) is 31.4. The van der Waals surface area contributed by atoms with Crippen molar-refractivity contribution in [3.8, 4) is 28.2 Å². The summed E-state index contributed by atoms with van der Waals surface area (Å²) in [7, 11) is 1.51. The molecule has 0 atom stereocenters. The Hall–Kier alpha value is -5.12. The van der Waals surface area contributed by atoms with Crippen molar-refractivity contribution in [2.24, 2.45) is 7.05 Å². The second-order valence-corrected chi connectivity index (χ2v) is 9.33. The van der Waals surface area contributed by atoms with E-state index >= 15 is 0 Å². The molecule has 3 aromatic carbocycles. The quantitative estimate of drug-likeness (QED) is 0.344. The molecule has 10 heteroatoms. The van der Waals surface area contributed by atoms with Gasteiger partial charge in [-0.3, -0.25) is 9.36 Å². The van der Waals surface area contributed by atoms with E-state index in [0.29, 0.717) is 35.6 Å². The molecule has 10 nitrogen and oxygen atoms in total. The third-order valence-corrected chi connectivity index (χ3v) is 6.83. The molecule has 0 saturated heterocycles. The molecule has 0 aliphatic rings. The highest BCUT2D eigenvalue weighted by Gasteiger charge is 2.21. The van der Waals surface area contributed by atoms with Gasteiger partial charge in [-0.1, -0.05) is 73.7 Å². The Bertz CT molecular complexity index is 1880. The minimum Gasteiger partial charge on any atom is -0.318 e. The Morgan fingerprint density at radius 2 is 1.59 bits per heavy atom. The Labute approximate surface area is 223 Å². The standard InChI is InChI=1S/C29H26N8O2/c1-3-9-24-30-27-25(28(38)35(2)29(39)37(27)21-10-5-4-6-11-21)36(24)18-19-14-16-20(17-15-19)22-12-7-8-13-23(22)26-31-33-34-32-26/h4-8,10-17H,3,9,18H2,1-2H3,(H,31,32,33,34). The molecule has 6 aromatic rings. The highest BCUT2D eigenvalue weighted by molar-refractivity contribution is 5.80. The van der Waals surface area contributed by atoms with Crippen molar-refractivity contribution >= 4 is 11.2 Å². The summed E-state index contributed by atoms with van der Waals surface area (Å²) in [6.07, 6.45) is 1.53. The van der Waals surface area contributed by atoms with E-state index in [9.17, 15) is 9.59 Å². The van der Waals surface area contributed by atoms with Crippen LogP contribution in [0.15, 0.2) is 88.5 Å². The summed E-state index contributed by atoms with van der Waals surface area (Å²) in [5, 5.41) is 14.5. The van der Waals surface area contributed by atoms with E-state index in [-0.39, 0.29) is 5.56 Å². The number of aromatic nitrogens is 8. The molecule has 1 N–H and O–H groups in total. The molecule has 6 rings (SSSR count). The van der Waals surface area contributed by atoms with E-state index < -0.39 is 5.69 Å². The Balaban J connectivity index is 1.45. The van der Waals surface area contributed by atoms with Gasteiger partial charge < -0.3 is 4.57 Å².